The first kappa shape index (κ1) is 20.6. The number of nitrogens with one attached hydrogen (secondary N) is 2. The molecule has 0 amide bonds. The van der Waals surface area contributed by atoms with E-state index in [0.29, 0.717) is 0 Å². The van der Waals surface area contributed by atoms with E-state index in [1.165, 1.54) is 10.4 Å². The highest BCUT2D eigenvalue weighted by Crippen LogP contribution is 2.16. The highest BCUT2D eigenvalue weighted by Gasteiger charge is 2.06. The van der Waals surface area contributed by atoms with Crippen LogP contribution < -0.4 is 10.6 Å². The van der Waals surface area contributed by atoms with Crippen molar-refractivity contribution in [3.63, 3.8) is 0 Å². The summed E-state index contributed by atoms with van der Waals surface area (Å²) in [4.78, 5) is 14.4. The molecule has 0 spiro atoms. The first-order chi connectivity index (χ1) is 12.2. The number of rotatable bonds is 6. The van der Waals surface area contributed by atoms with E-state index in [0.717, 1.165) is 48.2 Å². The minimum atomic E-state index is 0. The van der Waals surface area contributed by atoms with Gasteiger partial charge in [-0.1, -0.05) is 12.1 Å². The molecular formula is C18H25IN6S. The number of para-hydroxylation sites is 2. The summed E-state index contributed by atoms with van der Waals surface area (Å²) in [6.45, 7) is 6.62. The van der Waals surface area contributed by atoms with Gasteiger partial charge in [0.25, 0.3) is 0 Å². The fourth-order valence-electron chi connectivity index (χ4n) is 2.77. The molecule has 1 aromatic carbocycles. The Labute approximate surface area is 175 Å². The molecule has 2 heterocycles. The van der Waals surface area contributed by atoms with Crippen LogP contribution in [0.1, 0.15) is 22.0 Å². The normalized spacial score (nSPS) is 11.4. The summed E-state index contributed by atoms with van der Waals surface area (Å²) in [5, 5.41) is 7.82. The molecule has 2 N–H and O–H groups in total. The van der Waals surface area contributed by atoms with Crippen LogP contribution in [0, 0.1) is 13.8 Å². The van der Waals surface area contributed by atoms with Crippen LogP contribution in [-0.4, -0.2) is 34.1 Å². The van der Waals surface area contributed by atoms with Gasteiger partial charge in [0, 0.05) is 25.0 Å². The van der Waals surface area contributed by atoms with E-state index in [1.54, 1.807) is 18.4 Å². The minimum Gasteiger partial charge on any atom is -0.356 e. The fraction of sp³-hybridized carbons (Fsp3) is 0.389. The van der Waals surface area contributed by atoms with Gasteiger partial charge in [-0.05, 0) is 32.4 Å². The van der Waals surface area contributed by atoms with E-state index < -0.39 is 0 Å². The Morgan fingerprint density at radius 1 is 1.23 bits per heavy atom. The van der Waals surface area contributed by atoms with Gasteiger partial charge in [0.05, 0.1) is 34.6 Å². The van der Waals surface area contributed by atoms with E-state index in [2.05, 4.69) is 36.2 Å². The van der Waals surface area contributed by atoms with Gasteiger partial charge in [-0.25, -0.2) is 9.97 Å². The van der Waals surface area contributed by atoms with Crippen molar-refractivity contribution in [2.45, 2.75) is 33.4 Å². The Hall–Kier alpha value is -1.68. The number of nitrogens with zero attached hydrogens (tertiary/aromatic N) is 4. The minimum absolute atomic E-state index is 0. The number of aromatic nitrogens is 3. The molecule has 0 bridgehead atoms. The Morgan fingerprint density at radius 2 is 2.04 bits per heavy atom. The Morgan fingerprint density at radius 3 is 2.77 bits per heavy atom. The van der Waals surface area contributed by atoms with Gasteiger partial charge in [0.2, 0.25) is 0 Å². The molecule has 0 radical (unpaired) electrons. The van der Waals surface area contributed by atoms with Crippen molar-refractivity contribution in [3.05, 3.63) is 46.2 Å². The summed E-state index contributed by atoms with van der Waals surface area (Å²) < 4.78 is 2.19. The molecule has 0 unspecified atom stereocenters. The fourth-order valence-corrected chi connectivity index (χ4v) is 3.64. The quantitative estimate of drug-likeness (QED) is 0.243. The number of hydrogen-bond donors (Lipinski definition) is 2. The maximum atomic E-state index is 4.45. The Kier molecular flexibility index (Phi) is 7.83. The molecule has 26 heavy (non-hydrogen) atoms. The molecule has 0 aliphatic carbocycles. The van der Waals surface area contributed by atoms with Crippen LogP contribution in [0.15, 0.2) is 35.6 Å². The summed E-state index contributed by atoms with van der Waals surface area (Å²) in [6.07, 6.45) is 2.91. The second-order valence-electron chi connectivity index (χ2n) is 5.87. The monoisotopic (exact) mass is 484 g/mol. The lowest BCUT2D eigenvalue weighted by Crippen LogP contribution is -2.37. The molecule has 3 rings (SSSR count). The van der Waals surface area contributed by atoms with Crippen molar-refractivity contribution < 1.29 is 0 Å². The highest BCUT2D eigenvalue weighted by atomic mass is 127. The van der Waals surface area contributed by atoms with Crippen LogP contribution in [0.5, 0.6) is 0 Å². The van der Waals surface area contributed by atoms with Gasteiger partial charge in [-0.2, -0.15) is 0 Å². The van der Waals surface area contributed by atoms with Crippen LogP contribution in [0.4, 0.5) is 0 Å². The van der Waals surface area contributed by atoms with E-state index in [4.69, 9.17) is 0 Å². The number of fused-ring (bicyclic) bond motifs is 1. The highest BCUT2D eigenvalue weighted by molar-refractivity contribution is 14.0. The van der Waals surface area contributed by atoms with Crippen molar-refractivity contribution in [1.82, 2.24) is 25.2 Å². The molecule has 0 saturated heterocycles. The largest absolute Gasteiger partial charge is 0.356 e. The number of thiazole rings is 1. The molecule has 0 atom stereocenters. The van der Waals surface area contributed by atoms with E-state index in [9.17, 15) is 0 Å². The number of aliphatic imine (C=N–C) groups is 1. The second-order valence-corrected chi connectivity index (χ2v) is 7.16. The van der Waals surface area contributed by atoms with E-state index in [1.807, 2.05) is 38.4 Å². The van der Waals surface area contributed by atoms with Gasteiger partial charge < -0.3 is 15.2 Å². The van der Waals surface area contributed by atoms with Crippen LogP contribution in [0.2, 0.25) is 0 Å². The van der Waals surface area contributed by atoms with Gasteiger partial charge in [-0.3, -0.25) is 4.99 Å². The van der Waals surface area contributed by atoms with Crippen LogP contribution in [0.25, 0.3) is 11.0 Å². The summed E-state index contributed by atoms with van der Waals surface area (Å²) in [5.74, 6) is 0.820. The first-order valence-corrected chi connectivity index (χ1v) is 9.26. The van der Waals surface area contributed by atoms with Crippen molar-refractivity contribution in [2.24, 2.45) is 4.99 Å². The lowest BCUT2D eigenvalue weighted by atomic mass is 10.3. The number of guanidine groups is 1. The van der Waals surface area contributed by atoms with E-state index in [-0.39, 0.29) is 24.0 Å². The molecule has 3 aromatic rings. The maximum absolute atomic E-state index is 4.45. The number of imidazole rings is 1. The smallest absolute Gasteiger partial charge is 0.191 e. The van der Waals surface area contributed by atoms with Crippen LogP contribution in [0.3, 0.4) is 0 Å². The summed E-state index contributed by atoms with van der Waals surface area (Å²) in [7, 11) is 1.80. The Bertz CT molecular complexity index is 870. The predicted octanol–water partition coefficient (Wildman–Crippen LogP) is 3.48. The average molecular weight is 484 g/mol. The zero-order valence-electron chi connectivity index (χ0n) is 15.3. The molecule has 8 heteroatoms. The first-order valence-electron chi connectivity index (χ1n) is 8.44. The molecule has 140 valence electrons. The van der Waals surface area contributed by atoms with Gasteiger partial charge in [0.1, 0.15) is 0 Å². The van der Waals surface area contributed by atoms with Crippen molar-refractivity contribution in [3.8, 4) is 0 Å². The number of halogens is 1. The molecule has 0 fully saturated rings. The van der Waals surface area contributed by atoms with Crippen LogP contribution >= 0.6 is 35.3 Å². The molecule has 6 nitrogen and oxygen atoms in total. The van der Waals surface area contributed by atoms with Crippen molar-refractivity contribution in [2.75, 3.05) is 13.6 Å². The molecule has 0 aliphatic heterocycles. The molecule has 0 aliphatic rings. The average Bonchev–Trinajstić information content (AvgIpc) is 3.17. The Balaban J connectivity index is 0.00000243. The van der Waals surface area contributed by atoms with E-state index >= 15 is 0 Å². The van der Waals surface area contributed by atoms with Crippen molar-refractivity contribution >= 4 is 52.3 Å². The maximum Gasteiger partial charge on any atom is 0.191 e. The number of benzene rings is 1. The van der Waals surface area contributed by atoms with Crippen LogP contribution in [-0.2, 0) is 13.1 Å². The lowest BCUT2D eigenvalue weighted by Gasteiger charge is -2.11. The predicted molar refractivity (Wildman–Crippen MR) is 120 cm³/mol. The third kappa shape index (κ3) is 5.16. The third-order valence-electron chi connectivity index (χ3n) is 4.04. The summed E-state index contributed by atoms with van der Waals surface area (Å²) >= 11 is 1.73. The zero-order valence-corrected chi connectivity index (χ0v) is 18.5. The molecule has 2 aromatic heterocycles. The molecule has 0 saturated carbocycles. The summed E-state index contributed by atoms with van der Waals surface area (Å²) in [6, 6.07) is 8.21. The standard InChI is InChI=1S/C18H24N6S.HI/c1-13-17(25-14(2)23-13)11-21-18(19-3)20-9-6-10-24-12-22-15-7-4-5-8-16(15)24;/h4-5,7-8,12H,6,9-11H2,1-3H3,(H2,19,20,21);1H. The van der Waals surface area contributed by atoms with Gasteiger partial charge in [0.15, 0.2) is 5.96 Å². The third-order valence-corrected chi connectivity index (χ3v) is 5.11. The number of aryl methyl sites for hydroxylation is 3. The zero-order chi connectivity index (χ0) is 17.6. The summed E-state index contributed by atoms with van der Waals surface area (Å²) in [5.41, 5.74) is 3.32. The SMILES string of the molecule is CN=C(NCCCn1cnc2ccccc21)NCc1sc(C)nc1C.I. The number of hydrogen-bond acceptors (Lipinski definition) is 4. The topological polar surface area (TPSA) is 67.1 Å². The van der Waals surface area contributed by atoms with Crippen molar-refractivity contribution in [1.29, 1.82) is 0 Å². The van der Waals surface area contributed by atoms with Gasteiger partial charge >= 0.3 is 0 Å². The van der Waals surface area contributed by atoms with Gasteiger partial charge in [-0.15, -0.1) is 35.3 Å². The second kappa shape index (κ2) is 9.86. The lowest BCUT2D eigenvalue weighted by molar-refractivity contribution is 0.637. The molecular weight excluding hydrogens is 459 g/mol.